The quantitative estimate of drug-likeness (QED) is 0.513. The van der Waals surface area contributed by atoms with Gasteiger partial charge in [-0.3, -0.25) is 0 Å². The molecule has 0 aliphatic rings. The number of hydrogen-bond donors (Lipinski definition) is 3. The maximum absolute atomic E-state index is 10.9. The molecule has 0 aliphatic carbocycles. The van der Waals surface area contributed by atoms with Gasteiger partial charge in [-0.15, -0.1) is 0 Å². The zero-order chi connectivity index (χ0) is 9.61. The van der Waals surface area contributed by atoms with Crippen LogP contribution in [-0.4, -0.2) is 33.2 Å². The first kappa shape index (κ1) is 11.8. The van der Waals surface area contributed by atoms with Crippen molar-refractivity contribution in [3.63, 3.8) is 0 Å². The molecule has 0 saturated heterocycles. The molecule has 0 bridgehead atoms. The van der Waals surface area contributed by atoms with Crippen LogP contribution in [0, 0.1) is 5.92 Å². The molecule has 3 N–H and O–H groups in total. The molecule has 0 fully saturated rings. The van der Waals surface area contributed by atoms with Crippen molar-refractivity contribution in [2.24, 2.45) is 5.92 Å². The van der Waals surface area contributed by atoms with Crippen molar-refractivity contribution in [1.82, 2.24) is 9.44 Å². The molecule has 0 aromatic rings. The van der Waals surface area contributed by atoms with Crippen LogP contribution in [0.3, 0.4) is 0 Å². The summed E-state index contributed by atoms with van der Waals surface area (Å²) in [5.74, 6) is -0.0570. The number of aliphatic hydroxyl groups excluding tert-OH is 1. The van der Waals surface area contributed by atoms with Crippen LogP contribution < -0.4 is 9.44 Å². The summed E-state index contributed by atoms with van der Waals surface area (Å²) >= 11 is 0. The first-order chi connectivity index (χ1) is 5.52. The standard InChI is InChI=1S/C6H16N2O3S/c1-3-7-12(10,11)8-4-6(2)5-9/h6-9H,3-5H2,1-2H3. The van der Waals surface area contributed by atoms with Crippen molar-refractivity contribution < 1.29 is 13.5 Å². The van der Waals surface area contributed by atoms with E-state index in [0.717, 1.165) is 0 Å². The van der Waals surface area contributed by atoms with Crippen LogP contribution in [-0.2, 0) is 10.2 Å². The third kappa shape index (κ3) is 5.48. The van der Waals surface area contributed by atoms with E-state index in [4.69, 9.17) is 5.11 Å². The van der Waals surface area contributed by atoms with Crippen LogP contribution in [0.15, 0.2) is 0 Å². The van der Waals surface area contributed by atoms with Gasteiger partial charge in [0.25, 0.3) is 10.2 Å². The lowest BCUT2D eigenvalue weighted by atomic mass is 10.2. The minimum atomic E-state index is -3.35. The van der Waals surface area contributed by atoms with Gasteiger partial charge in [-0.2, -0.15) is 8.42 Å². The van der Waals surface area contributed by atoms with E-state index in [-0.39, 0.29) is 19.1 Å². The molecule has 5 nitrogen and oxygen atoms in total. The maximum atomic E-state index is 10.9. The number of rotatable bonds is 6. The predicted molar refractivity (Wildman–Crippen MR) is 46.8 cm³/mol. The fraction of sp³-hybridized carbons (Fsp3) is 1.00. The van der Waals surface area contributed by atoms with Crippen LogP contribution in [0.25, 0.3) is 0 Å². The average Bonchev–Trinajstić information content (AvgIpc) is 2.00. The van der Waals surface area contributed by atoms with Gasteiger partial charge in [0.1, 0.15) is 0 Å². The monoisotopic (exact) mass is 196 g/mol. The van der Waals surface area contributed by atoms with Gasteiger partial charge >= 0.3 is 0 Å². The highest BCUT2D eigenvalue weighted by Crippen LogP contribution is 1.89. The molecule has 1 unspecified atom stereocenters. The summed E-state index contributed by atoms with van der Waals surface area (Å²) in [6.07, 6.45) is 0. The second-order valence-corrected chi connectivity index (χ2v) is 4.22. The topological polar surface area (TPSA) is 78.4 Å². The van der Waals surface area contributed by atoms with Gasteiger partial charge in [0, 0.05) is 19.7 Å². The summed E-state index contributed by atoms with van der Waals surface area (Å²) in [5, 5.41) is 8.61. The van der Waals surface area contributed by atoms with E-state index in [2.05, 4.69) is 9.44 Å². The molecule has 12 heavy (non-hydrogen) atoms. The van der Waals surface area contributed by atoms with Crippen molar-refractivity contribution in [2.75, 3.05) is 19.7 Å². The summed E-state index contributed by atoms with van der Waals surface area (Å²) in [4.78, 5) is 0. The molecule has 0 amide bonds. The van der Waals surface area contributed by atoms with E-state index in [9.17, 15) is 8.42 Å². The molecule has 0 spiro atoms. The summed E-state index contributed by atoms with van der Waals surface area (Å²) in [7, 11) is -3.35. The molecule has 1 atom stereocenters. The van der Waals surface area contributed by atoms with Gasteiger partial charge in [0.2, 0.25) is 0 Å². The van der Waals surface area contributed by atoms with Crippen molar-refractivity contribution in [1.29, 1.82) is 0 Å². The van der Waals surface area contributed by atoms with Gasteiger partial charge in [-0.1, -0.05) is 13.8 Å². The average molecular weight is 196 g/mol. The Labute approximate surface area is 73.4 Å². The molecular weight excluding hydrogens is 180 g/mol. The van der Waals surface area contributed by atoms with E-state index in [1.807, 2.05) is 0 Å². The Hall–Kier alpha value is -0.170. The second-order valence-electron chi connectivity index (χ2n) is 2.64. The molecule has 0 radical (unpaired) electrons. The Morgan fingerprint density at radius 2 is 2.00 bits per heavy atom. The van der Waals surface area contributed by atoms with Gasteiger partial charge in [-0.25, -0.2) is 9.44 Å². The lowest BCUT2D eigenvalue weighted by molar-refractivity contribution is 0.238. The van der Waals surface area contributed by atoms with E-state index in [1.54, 1.807) is 13.8 Å². The molecule has 0 aromatic carbocycles. The van der Waals surface area contributed by atoms with Gasteiger partial charge in [0.05, 0.1) is 0 Å². The lowest BCUT2D eigenvalue weighted by Crippen LogP contribution is -2.39. The molecule has 0 aromatic heterocycles. The van der Waals surface area contributed by atoms with Crippen molar-refractivity contribution in [3.8, 4) is 0 Å². The highest BCUT2D eigenvalue weighted by atomic mass is 32.2. The van der Waals surface area contributed by atoms with Crippen LogP contribution >= 0.6 is 0 Å². The van der Waals surface area contributed by atoms with Gasteiger partial charge < -0.3 is 5.11 Å². The summed E-state index contributed by atoms with van der Waals surface area (Å²) in [6.45, 7) is 4.06. The second kappa shape index (κ2) is 5.47. The molecule has 0 aliphatic heterocycles. The zero-order valence-corrected chi connectivity index (χ0v) is 8.19. The van der Waals surface area contributed by atoms with Crippen LogP contribution in [0.4, 0.5) is 0 Å². The molecular formula is C6H16N2O3S. The number of hydrogen-bond acceptors (Lipinski definition) is 3. The highest BCUT2D eigenvalue weighted by molar-refractivity contribution is 7.87. The van der Waals surface area contributed by atoms with Crippen LogP contribution in [0.2, 0.25) is 0 Å². The summed E-state index contributed by atoms with van der Waals surface area (Å²) in [5.41, 5.74) is 0. The summed E-state index contributed by atoms with van der Waals surface area (Å²) in [6, 6.07) is 0. The minimum Gasteiger partial charge on any atom is -0.396 e. The molecule has 6 heteroatoms. The Bertz CT molecular complexity index is 203. The lowest BCUT2D eigenvalue weighted by Gasteiger charge is -2.09. The van der Waals surface area contributed by atoms with E-state index < -0.39 is 10.2 Å². The smallest absolute Gasteiger partial charge is 0.276 e. The normalized spacial score (nSPS) is 14.6. The van der Waals surface area contributed by atoms with Crippen molar-refractivity contribution in [3.05, 3.63) is 0 Å². The summed E-state index contributed by atoms with van der Waals surface area (Å²) < 4.78 is 26.5. The molecule has 0 saturated carbocycles. The Morgan fingerprint density at radius 1 is 1.42 bits per heavy atom. The molecule has 74 valence electrons. The number of nitrogens with one attached hydrogen (secondary N) is 2. The van der Waals surface area contributed by atoms with E-state index >= 15 is 0 Å². The van der Waals surface area contributed by atoms with Crippen molar-refractivity contribution >= 4 is 10.2 Å². The van der Waals surface area contributed by atoms with Crippen molar-refractivity contribution in [2.45, 2.75) is 13.8 Å². The van der Waals surface area contributed by atoms with Gasteiger partial charge in [-0.05, 0) is 5.92 Å². The highest BCUT2D eigenvalue weighted by Gasteiger charge is 2.08. The maximum Gasteiger partial charge on any atom is 0.276 e. The Balaban J connectivity index is 3.76. The first-order valence-corrected chi connectivity index (χ1v) is 5.35. The van der Waals surface area contributed by atoms with Crippen LogP contribution in [0.5, 0.6) is 0 Å². The molecule has 0 rings (SSSR count). The third-order valence-electron chi connectivity index (χ3n) is 1.27. The number of aliphatic hydroxyl groups is 1. The van der Waals surface area contributed by atoms with E-state index in [0.29, 0.717) is 6.54 Å². The molecule has 0 heterocycles. The largest absolute Gasteiger partial charge is 0.396 e. The fourth-order valence-electron chi connectivity index (χ4n) is 0.558. The minimum absolute atomic E-state index is 0.0192. The van der Waals surface area contributed by atoms with E-state index in [1.165, 1.54) is 0 Å². The predicted octanol–water partition coefficient (Wildman–Crippen LogP) is -0.941. The zero-order valence-electron chi connectivity index (χ0n) is 7.37. The van der Waals surface area contributed by atoms with Crippen LogP contribution in [0.1, 0.15) is 13.8 Å². The Kier molecular flexibility index (Phi) is 5.39. The third-order valence-corrected chi connectivity index (χ3v) is 2.48. The Morgan fingerprint density at radius 3 is 2.42 bits per heavy atom. The first-order valence-electron chi connectivity index (χ1n) is 3.87. The van der Waals surface area contributed by atoms with Gasteiger partial charge in [0.15, 0.2) is 0 Å². The SMILES string of the molecule is CCNS(=O)(=O)NCC(C)CO. The fourth-order valence-corrected chi connectivity index (χ4v) is 1.54.